The van der Waals surface area contributed by atoms with E-state index >= 15 is 0 Å². The number of allylic oxidation sites excluding steroid dienone is 2. The number of azo groups is 1. The van der Waals surface area contributed by atoms with Gasteiger partial charge in [-0.1, -0.05) is 19.9 Å². The van der Waals surface area contributed by atoms with Gasteiger partial charge >= 0.3 is 0 Å². The Hall–Kier alpha value is -0.660. The third kappa shape index (κ3) is 3.01. The molecule has 0 heterocycles. The molecule has 52 valence electrons. The normalized spacial score (nSPS) is 13.7. The molecule has 2 nitrogen and oxygen atoms in total. The summed E-state index contributed by atoms with van der Waals surface area (Å²) < 4.78 is 0. The van der Waals surface area contributed by atoms with Crippen LogP contribution < -0.4 is 0 Å². The molecule has 0 aliphatic rings. The van der Waals surface area contributed by atoms with Gasteiger partial charge in [0.2, 0.25) is 0 Å². The number of hydrogen-bond acceptors (Lipinski definition) is 2. The zero-order chi connectivity index (χ0) is 7.28. The minimum atomic E-state index is 0.485. The predicted molar refractivity (Wildman–Crippen MR) is 39.4 cm³/mol. The van der Waals surface area contributed by atoms with Crippen molar-refractivity contribution >= 4 is 0 Å². The Morgan fingerprint density at radius 3 is 2.11 bits per heavy atom. The Morgan fingerprint density at radius 1 is 1.44 bits per heavy atom. The van der Waals surface area contributed by atoms with Gasteiger partial charge < -0.3 is 0 Å². The second kappa shape index (κ2) is 4.24. The molecule has 0 atom stereocenters. The van der Waals surface area contributed by atoms with E-state index in [1.807, 2.05) is 13.0 Å². The van der Waals surface area contributed by atoms with Crippen molar-refractivity contribution in [3.05, 3.63) is 11.8 Å². The molecular weight excluding hydrogens is 112 g/mol. The number of nitrogens with zero attached hydrogens (tertiary/aromatic N) is 2. The molecule has 0 saturated carbocycles. The van der Waals surface area contributed by atoms with Crippen LogP contribution in [0, 0.1) is 5.92 Å². The van der Waals surface area contributed by atoms with Crippen LogP contribution in [0.15, 0.2) is 22.0 Å². The maximum atomic E-state index is 3.93. The van der Waals surface area contributed by atoms with Crippen molar-refractivity contribution in [1.29, 1.82) is 0 Å². The highest BCUT2D eigenvalue weighted by molar-refractivity contribution is 4.99. The first kappa shape index (κ1) is 8.34. The van der Waals surface area contributed by atoms with Crippen LogP contribution in [0.5, 0.6) is 0 Å². The summed E-state index contributed by atoms with van der Waals surface area (Å²) in [6, 6.07) is 0. The lowest BCUT2D eigenvalue weighted by Crippen LogP contribution is -1.88. The van der Waals surface area contributed by atoms with Gasteiger partial charge in [-0.15, -0.1) is 0 Å². The van der Waals surface area contributed by atoms with Gasteiger partial charge in [0.05, 0.1) is 5.70 Å². The van der Waals surface area contributed by atoms with Crippen LogP contribution in [0.2, 0.25) is 0 Å². The first-order valence-electron chi connectivity index (χ1n) is 3.18. The highest BCUT2D eigenvalue weighted by atomic mass is 15.1. The predicted octanol–water partition coefficient (Wildman–Crippen LogP) is 2.63. The second-order valence-corrected chi connectivity index (χ2v) is 2.17. The molecule has 0 aliphatic carbocycles. The van der Waals surface area contributed by atoms with E-state index in [2.05, 4.69) is 24.1 Å². The van der Waals surface area contributed by atoms with E-state index in [0.717, 1.165) is 5.70 Å². The Labute approximate surface area is 56.7 Å². The fourth-order valence-electron chi connectivity index (χ4n) is 0.622. The molecule has 0 aromatic rings. The zero-order valence-corrected chi connectivity index (χ0v) is 6.55. The molecule has 0 radical (unpaired) electrons. The van der Waals surface area contributed by atoms with E-state index in [1.54, 1.807) is 7.05 Å². The van der Waals surface area contributed by atoms with E-state index < -0.39 is 0 Å². The fourth-order valence-corrected chi connectivity index (χ4v) is 0.622. The zero-order valence-electron chi connectivity index (χ0n) is 6.55. The van der Waals surface area contributed by atoms with Crippen LogP contribution in [0.25, 0.3) is 0 Å². The minimum Gasteiger partial charge on any atom is -0.192 e. The van der Waals surface area contributed by atoms with Crippen molar-refractivity contribution in [3.63, 3.8) is 0 Å². The summed E-state index contributed by atoms with van der Waals surface area (Å²) >= 11 is 0. The van der Waals surface area contributed by atoms with Crippen molar-refractivity contribution in [2.75, 3.05) is 7.05 Å². The van der Waals surface area contributed by atoms with Crippen LogP contribution in [-0.2, 0) is 0 Å². The first-order chi connectivity index (χ1) is 4.22. The topological polar surface area (TPSA) is 24.7 Å². The summed E-state index contributed by atoms with van der Waals surface area (Å²) in [5, 5.41) is 7.61. The molecule has 0 aromatic heterocycles. The monoisotopic (exact) mass is 126 g/mol. The Morgan fingerprint density at radius 2 is 2.00 bits per heavy atom. The molecule has 0 saturated heterocycles. The smallest absolute Gasteiger partial charge is 0.0608 e. The van der Waals surface area contributed by atoms with Crippen molar-refractivity contribution in [3.8, 4) is 0 Å². The Kier molecular flexibility index (Phi) is 3.93. The van der Waals surface area contributed by atoms with Crippen molar-refractivity contribution in [1.82, 2.24) is 0 Å². The molecule has 0 rings (SSSR count). The van der Waals surface area contributed by atoms with Gasteiger partial charge in [0.15, 0.2) is 0 Å². The SMILES string of the molecule is C/C=C(\N=N/C)C(C)C. The van der Waals surface area contributed by atoms with Crippen LogP contribution in [0.4, 0.5) is 0 Å². The highest BCUT2D eigenvalue weighted by Crippen LogP contribution is 2.09. The maximum absolute atomic E-state index is 3.93. The molecule has 0 spiro atoms. The molecule has 0 aromatic carbocycles. The van der Waals surface area contributed by atoms with Crippen molar-refractivity contribution in [2.24, 2.45) is 16.1 Å². The third-order valence-corrected chi connectivity index (χ3v) is 1.10. The number of rotatable bonds is 2. The van der Waals surface area contributed by atoms with Crippen molar-refractivity contribution in [2.45, 2.75) is 20.8 Å². The lowest BCUT2D eigenvalue weighted by atomic mass is 10.1. The molecule has 0 aliphatic heterocycles. The van der Waals surface area contributed by atoms with Crippen molar-refractivity contribution < 1.29 is 0 Å². The van der Waals surface area contributed by atoms with Crippen LogP contribution in [0.3, 0.4) is 0 Å². The minimum absolute atomic E-state index is 0.485. The fraction of sp³-hybridized carbons (Fsp3) is 0.714. The summed E-state index contributed by atoms with van der Waals surface area (Å²) in [5.41, 5.74) is 1.05. The van der Waals surface area contributed by atoms with E-state index in [9.17, 15) is 0 Å². The van der Waals surface area contributed by atoms with Gasteiger partial charge in [-0.3, -0.25) is 0 Å². The van der Waals surface area contributed by atoms with Crippen LogP contribution in [0.1, 0.15) is 20.8 Å². The summed E-state index contributed by atoms with van der Waals surface area (Å²) in [6.45, 7) is 6.18. The van der Waals surface area contributed by atoms with Crippen LogP contribution >= 0.6 is 0 Å². The second-order valence-electron chi connectivity index (χ2n) is 2.17. The van der Waals surface area contributed by atoms with E-state index in [1.165, 1.54) is 0 Å². The lowest BCUT2D eigenvalue weighted by Gasteiger charge is -2.00. The van der Waals surface area contributed by atoms with Gasteiger partial charge in [0.1, 0.15) is 0 Å². The molecule has 2 heteroatoms. The van der Waals surface area contributed by atoms with Gasteiger partial charge in [0.25, 0.3) is 0 Å². The third-order valence-electron chi connectivity index (χ3n) is 1.10. The highest BCUT2D eigenvalue weighted by Gasteiger charge is 1.97. The number of hydrogen-bond donors (Lipinski definition) is 0. The first-order valence-corrected chi connectivity index (χ1v) is 3.18. The molecule has 0 fully saturated rings. The van der Waals surface area contributed by atoms with E-state index in [4.69, 9.17) is 0 Å². The summed E-state index contributed by atoms with van der Waals surface area (Å²) in [4.78, 5) is 0. The van der Waals surface area contributed by atoms with Crippen LogP contribution in [-0.4, -0.2) is 7.05 Å². The van der Waals surface area contributed by atoms with E-state index in [-0.39, 0.29) is 0 Å². The molecule has 9 heavy (non-hydrogen) atoms. The maximum Gasteiger partial charge on any atom is 0.0608 e. The molecule has 0 N–H and O–H groups in total. The summed E-state index contributed by atoms with van der Waals surface area (Å²) in [7, 11) is 1.69. The van der Waals surface area contributed by atoms with Gasteiger partial charge in [-0.05, 0) is 12.8 Å². The average Bonchev–Trinajstić information content (AvgIpc) is 1.82. The largest absolute Gasteiger partial charge is 0.192 e. The average molecular weight is 126 g/mol. The molecular formula is C7H14N2. The summed E-state index contributed by atoms with van der Waals surface area (Å²) in [6.07, 6.45) is 1.98. The van der Waals surface area contributed by atoms with Gasteiger partial charge in [-0.25, -0.2) is 0 Å². The van der Waals surface area contributed by atoms with E-state index in [0.29, 0.717) is 5.92 Å². The standard InChI is InChI=1S/C7H14N2/c1-5-7(6(2)3)9-8-4/h5-6H,1-4H3/b7-5-,9-8-. The molecule has 0 bridgehead atoms. The molecule has 0 unspecified atom stereocenters. The van der Waals surface area contributed by atoms with Gasteiger partial charge in [0, 0.05) is 7.05 Å². The Balaban J connectivity index is 4.01. The quantitative estimate of drug-likeness (QED) is 0.508. The lowest BCUT2D eigenvalue weighted by molar-refractivity contribution is 0.736. The Bertz CT molecular complexity index is 123. The molecule has 0 amide bonds. The summed E-state index contributed by atoms with van der Waals surface area (Å²) in [5.74, 6) is 0.485. The van der Waals surface area contributed by atoms with Gasteiger partial charge in [-0.2, -0.15) is 10.2 Å².